The van der Waals surface area contributed by atoms with Crippen molar-refractivity contribution >= 4 is 27.5 Å². The Morgan fingerprint density at radius 3 is 2.67 bits per heavy atom. The maximum Gasteiger partial charge on any atom is 0.319 e. The molecule has 2 aromatic heterocycles. The number of aromatic hydroxyl groups is 1. The molecular weight excluding hydrogens is 640 g/mol. The number of aromatic nitrogens is 3. The van der Waals surface area contributed by atoms with Gasteiger partial charge in [0, 0.05) is 54.8 Å². The molecule has 49 heavy (non-hydrogen) atoms. The van der Waals surface area contributed by atoms with Crippen LogP contribution in [0.3, 0.4) is 0 Å². The summed E-state index contributed by atoms with van der Waals surface area (Å²) in [4.78, 5) is 18.5. The normalized spacial score (nSPS) is 25.2. The van der Waals surface area contributed by atoms with Gasteiger partial charge in [-0.25, -0.2) is 13.8 Å². The predicted molar refractivity (Wildman–Crippen MR) is 175 cm³/mol. The molecule has 4 unspecified atom stereocenters. The Hall–Kier alpha value is -4.23. The fraction of sp³-hybridized carbons (Fsp3) is 0.472. The summed E-state index contributed by atoms with van der Waals surface area (Å²) in [7, 11) is 0. The van der Waals surface area contributed by atoms with Gasteiger partial charge in [0.2, 0.25) is 5.88 Å². The number of likely N-dealkylation sites (tertiary alicyclic amines) is 1. The molecule has 4 atom stereocenters. The Balaban J connectivity index is 1.18. The zero-order chi connectivity index (χ0) is 33.8. The summed E-state index contributed by atoms with van der Waals surface area (Å²) in [6.07, 6.45) is 2.11. The van der Waals surface area contributed by atoms with Crippen LogP contribution in [-0.2, 0) is 6.42 Å². The van der Waals surface area contributed by atoms with Crippen LogP contribution < -0.4 is 19.7 Å². The first kappa shape index (κ1) is 30.8. The second-order valence-electron chi connectivity index (χ2n) is 14.4. The lowest BCUT2D eigenvalue weighted by atomic mass is 9.94. The molecule has 256 valence electrons. The molecule has 4 aliphatic heterocycles. The lowest BCUT2D eigenvalue weighted by Crippen LogP contribution is -2.62. The Morgan fingerprint density at radius 2 is 1.92 bits per heavy atom. The van der Waals surface area contributed by atoms with Gasteiger partial charge in [0.15, 0.2) is 5.82 Å². The zero-order valence-corrected chi connectivity index (χ0v) is 27.2. The SMILES string of the molecule is CCc1c(F)ccc2cc(O)cc(-c3nc4c5c(nc(OCC6(CN7CC(=C(F)F)C7)CC6)nc5c3F)N3CC5CCC(N5)C3C(C)O4)c12. The highest BCUT2D eigenvalue weighted by atomic mass is 19.3. The molecule has 0 spiro atoms. The molecule has 4 aromatic rings. The number of anilines is 1. The van der Waals surface area contributed by atoms with E-state index in [1.54, 1.807) is 6.07 Å². The highest BCUT2D eigenvalue weighted by Gasteiger charge is 2.49. The van der Waals surface area contributed by atoms with Gasteiger partial charge in [0.1, 0.15) is 40.1 Å². The number of rotatable bonds is 7. The van der Waals surface area contributed by atoms with Crippen LogP contribution >= 0.6 is 0 Å². The van der Waals surface area contributed by atoms with E-state index >= 15 is 8.78 Å². The van der Waals surface area contributed by atoms with E-state index in [1.807, 2.05) is 18.7 Å². The van der Waals surface area contributed by atoms with Crippen LogP contribution in [0.4, 0.5) is 23.4 Å². The average Bonchev–Trinajstić information content (AvgIpc) is 3.76. The summed E-state index contributed by atoms with van der Waals surface area (Å²) in [5.41, 5.74) is 0.414. The summed E-state index contributed by atoms with van der Waals surface area (Å²) < 4.78 is 71.1. The maximum atomic E-state index is 17.1. The van der Waals surface area contributed by atoms with Gasteiger partial charge in [-0.15, -0.1) is 0 Å². The number of ether oxygens (including phenoxy) is 2. The number of fused-ring (bicyclic) bond motifs is 6. The molecule has 0 amide bonds. The highest BCUT2D eigenvalue weighted by Crippen LogP contribution is 2.49. The molecule has 9 rings (SSSR count). The summed E-state index contributed by atoms with van der Waals surface area (Å²) >= 11 is 0. The van der Waals surface area contributed by atoms with Crippen LogP contribution in [0.2, 0.25) is 0 Å². The van der Waals surface area contributed by atoms with E-state index in [2.05, 4.69) is 15.2 Å². The molecular formula is C36H36F4N6O3. The van der Waals surface area contributed by atoms with Crippen LogP contribution in [0, 0.1) is 17.0 Å². The molecule has 5 aliphatic rings. The van der Waals surface area contributed by atoms with Crippen molar-refractivity contribution in [3.8, 4) is 28.9 Å². The lowest BCUT2D eigenvalue weighted by molar-refractivity contribution is 0.137. The Morgan fingerprint density at radius 1 is 1.10 bits per heavy atom. The third kappa shape index (κ3) is 4.99. The number of hydrogen-bond donors (Lipinski definition) is 2. The Kier molecular flexibility index (Phi) is 7.00. The van der Waals surface area contributed by atoms with Gasteiger partial charge in [-0.2, -0.15) is 18.7 Å². The molecule has 3 saturated heterocycles. The van der Waals surface area contributed by atoms with Gasteiger partial charge in [-0.05, 0) is 73.6 Å². The van der Waals surface area contributed by atoms with Crippen LogP contribution in [0.15, 0.2) is 35.9 Å². The third-order valence-electron chi connectivity index (χ3n) is 11.1. The van der Waals surface area contributed by atoms with Crippen LogP contribution in [0.25, 0.3) is 32.9 Å². The quantitative estimate of drug-likeness (QED) is 0.225. The first-order chi connectivity index (χ1) is 23.6. The summed E-state index contributed by atoms with van der Waals surface area (Å²) in [5.74, 6) is -0.648. The predicted octanol–water partition coefficient (Wildman–Crippen LogP) is 6.11. The summed E-state index contributed by atoms with van der Waals surface area (Å²) in [6, 6.07) is 6.09. The highest BCUT2D eigenvalue weighted by molar-refractivity contribution is 6.03. The van der Waals surface area contributed by atoms with E-state index in [0.29, 0.717) is 47.1 Å². The minimum Gasteiger partial charge on any atom is -0.508 e. The topological polar surface area (TPSA) is 95.9 Å². The fourth-order valence-electron chi connectivity index (χ4n) is 8.51. The second-order valence-corrected chi connectivity index (χ2v) is 14.4. The van der Waals surface area contributed by atoms with Crippen molar-refractivity contribution < 1.29 is 32.1 Å². The number of phenolic OH excluding ortho intramolecular Hbond substituents is 1. The Bertz CT molecular complexity index is 2060. The maximum absolute atomic E-state index is 17.1. The monoisotopic (exact) mass is 676 g/mol. The molecule has 2 N–H and O–H groups in total. The first-order valence-corrected chi connectivity index (χ1v) is 17.0. The van der Waals surface area contributed by atoms with Crippen molar-refractivity contribution in [3.05, 3.63) is 53.1 Å². The molecule has 2 bridgehead atoms. The molecule has 1 aliphatic carbocycles. The number of benzene rings is 2. The van der Waals surface area contributed by atoms with Crippen LogP contribution in [-0.4, -0.2) is 82.0 Å². The van der Waals surface area contributed by atoms with E-state index in [4.69, 9.17) is 19.4 Å². The summed E-state index contributed by atoms with van der Waals surface area (Å²) in [5, 5.41) is 15.8. The van der Waals surface area contributed by atoms with Crippen molar-refractivity contribution in [2.75, 3.05) is 37.7 Å². The molecule has 0 radical (unpaired) electrons. The molecule has 1 saturated carbocycles. The number of halogens is 4. The molecule has 9 nitrogen and oxygen atoms in total. The second kappa shape index (κ2) is 11.1. The van der Waals surface area contributed by atoms with Crippen molar-refractivity contribution in [2.45, 2.75) is 70.2 Å². The average molecular weight is 677 g/mol. The molecule has 13 heteroatoms. The Labute approximate surface area is 279 Å². The van der Waals surface area contributed by atoms with Gasteiger partial charge >= 0.3 is 6.01 Å². The number of phenols is 1. The van der Waals surface area contributed by atoms with E-state index in [-0.39, 0.29) is 89.3 Å². The minimum absolute atomic E-state index is 0.00927. The van der Waals surface area contributed by atoms with Gasteiger partial charge in [-0.1, -0.05) is 13.0 Å². The van der Waals surface area contributed by atoms with Gasteiger partial charge in [0.25, 0.3) is 6.08 Å². The zero-order valence-electron chi connectivity index (χ0n) is 27.2. The molecule has 2 aromatic carbocycles. The fourth-order valence-corrected chi connectivity index (χ4v) is 8.51. The number of piperazine rings is 1. The van der Waals surface area contributed by atoms with Gasteiger partial charge < -0.3 is 24.8 Å². The van der Waals surface area contributed by atoms with Gasteiger partial charge in [0.05, 0.1) is 12.6 Å². The minimum atomic E-state index is -1.60. The first-order valence-electron chi connectivity index (χ1n) is 17.0. The van der Waals surface area contributed by atoms with Crippen LogP contribution in [0.1, 0.15) is 45.1 Å². The third-order valence-corrected chi connectivity index (χ3v) is 11.1. The van der Waals surface area contributed by atoms with E-state index in [0.717, 1.165) is 25.7 Å². The van der Waals surface area contributed by atoms with Gasteiger partial charge in [-0.3, -0.25) is 4.90 Å². The van der Waals surface area contributed by atoms with Crippen molar-refractivity contribution in [2.24, 2.45) is 5.41 Å². The number of pyridine rings is 1. The molecule has 6 heterocycles. The standard InChI is InChI=1S/C36H36F4N6O3/c1-3-22-24(37)6-4-18-10-21(47)11-23(26(18)22)29-28(38)30-27-33(46-14-20-5-7-25(41-20)31(46)17(2)49-34(27)42-29)44-35(43-30)48-16-36(8-9-36)15-45-12-19(13-45)32(39)40/h4,6,10-11,17,20,25,31,41,47H,3,5,7-9,12-16H2,1-2H3. The van der Waals surface area contributed by atoms with Crippen molar-refractivity contribution in [3.63, 3.8) is 0 Å². The molecule has 4 fully saturated rings. The number of hydrogen-bond acceptors (Lipinski definition) is 9. The lowest BCUT2D eigenvalue weighted by Gasteiger charge is -2.42. The van der Waals surface area contributed by atoms with E-state index < -0.39 is 17.7 Å². The number of nitrogens with zero attached hydrogens (tertiary/aromatic N) is 5. The van der Waals surface area contributed by atoms with Crippen LogP contribution in [0.5, 0.6) is 17.6 Å². The number of nitrogens with one attached hydrogen (secondary N) is 1. The van der Waals surface area contributed by atoms with Crippen molar-refractivity contribution in [1.82, 2.24) is 25.2 Å². The summed E-state index contributed by atoms with van der Waals surface area (Å²) in [6.45, 7) is 5.82. The van der Waals surface area contributed by atoms with E-state index in [9.17, 15) is 13.9 Å². The largest absolute Gasteiger partial charge is 0.508 e. The smallest absolute Gasteiger partial charge is 0.319 e. The van der Waals surface area contributed by atoms with E-state index in [1.165, 1.54) is 18.2 Å². The number of aryl methyl sites for hydroxylation is 1. The van der Waals surface area contributed by atoms with Crippen molar-refractivity contribution in [1.29, 1.82) is 0 Å².